The zero-order chi connectivity index (χ0) is 20.5. The maximum atomic E-state index is 13.9. The Hall–Kier alpha value is -1.77. The largest absolute Gasteiger partial charge is 0.493 e. The van der Waals surface area contributed by atoms with Crippen molar-refractivity contribution in [2.75, 3.05) is 19.1 Å². The maximum absolute atomic E-state index is 13.9. The van der Waals surface area contributed by atoms with E-state index in [0.717, 1.165) is 10.2 Å². The van der Waals surface area contributed by atoms with Gasteiger partial charge in [-0.05, 0) is 36.6 Å². The second-order valence-corrected chi connectivity index (χ2v) is 7.83. The van der Waals surface area contributed by atoms with Crippen LogP contribution in [0.15, 0.2) is 40.9 Å². The van der Waals surface area contributed by atoms with Gasteiger partial charge in [0.05, 0.1) is 7.11 Å². The van der Waals surface area contributed by atoms with E-state index in [0.29, 0.717) is 29.0 Å². The molecule has 0 aliphatic carbocycles. The standard InChI is InChI=1S/C20H23BrFNO4S/c1-26-18-8-7-15(21)14(11-23-17(20(24)25)9-10-28-2)19(18)27-12-13-5-3-4-6-16(13)22/h3-8,17,23H,9-12H2,1-2H3,(H,24,25). The molecule has 0 aliphatic heterocycles. The summed E-state index contributed by atoms with van der Waals surface area (Å²) in [7, 11) is 1.52. The molecule has 0 spiro atoms. The minimum atomic E-state index is -0.901. The fourth-order valence-electron chi connectivity index (χ4n) is 2.61. The molecule has 2 aromatic carbocycles. The smallest absolute Gasteiger partial charge is 0.320 e. The van der Waals surface area contributed by atoms with Crippen LogP contribution in [-0.2, 0) is 17.9 Å². The van der Waals surface area contributed by atoms with Crippen molar-refractivity contribution in [3.8, 4) is 11.5 Å². The molecular weight excluding hydrogens is 449 g/mol. The van der Waals surface area contributed by atoms with E-state index in [1.807, 2.05) is 12.3 Å². The summed E-state index contributed by atoms with van der Waals surface area (Å²) in [6.07, 6.45) is 2.44. The van der Waals surface area contributed by atoms with Gasteiger partial charge in [0.2, 0.25) is 0 Å². The van der Waals surface area contributed by atoms with Crippen LogP contribution in [0.5, 0.6) is 11.5 Å². The van der Waals surface area contributed by atoms with Gasteiger partial charge in [0, 0.05) is 22.1 Å². The third-order valence-electron chi connectivity index (χ3n) is 4.15. The summed E-state index contributed by atoms with van der Waals surface area (Å²) in [6, 6.07) is 9.27. The first kappa shape index (κ1) is 22.5. The highest BCUT2D eigenvalue weighted by Crippen LogP contribution is 2.37. The van der Waals surface area contributed by atoms with E-state index in [1.165, 1.54) is 13.2 Å². The Balaban J connectivity index is 2.22. The summed E-state index contributed by atoms with van der Waals surface area (Å²) in [4.78, 5) is 11.5. The van der Waals surface area contributed by atoms with Crippen molar-refractivity contribution < 1.29 is 23.8 Å². The Morgan fingerprint density at radius 2 is 2.07 bits per heavy atom. The molecule has 0 aromatic heterocycles. The van der Waals surface area contributed by atoms with Gasteiger partial charge in [-0.3, -0.25) is 4.79 Å². The number of benzene rings is 2. The molecule has 0 amide bonds. The normalized spacial score (nSPS) is 11.9. The predicted octanol–water partition coefficient (Wildman–Crippen LogP) is 4.47. The third-order valence-corrected chi connectivity index (χ3v) is 5.54. The van der Waals surface area contributed by atoms with Gasteiger partial charge in [0.15, 0.2) is 11.5 Å². The number of methoxy groups -OCH3 is 1. The topological polar surface area (TPSA) is 67.8 Å². The molecule has 0 saturated heterocycles. The number of ether oxygens (including phenoxy) is 2. The summed E-state index contributed by atoms with van der Waals surface area (Å²) in [5.41, 5.74) is 1.14. The fraction of sp³-hybridized carbons (Fsp3) is 0.350. The van der Waals surface area contributed by atoms with Crippen LogP contribution in [0.1, 0.15) is 17.5 Å². The highest BCUT2D eigenvalue weighted by molar-refractivity contribution is 9.10. The van der Waals surface area contributed by atoms with Gasteiger partial charge in [-0.15, -0.1) is 0 Å². The Labute approximate surface area is 176 Å². The van der Waals surface area contributed by atoms with Gasteiger partial charge >= 0.3 is 5.97 Å². The van der Waals surface area contributed by atoms with Gasteiger partial charge in [-0.2, -0.15) is 11.8 Å². The quantitative estimate of drug-likeness (QED) is 0.503. The van der Waals surface area contributed by atoms with E-state index in [2.05, 4.69) is 21.2 Å². The molecule has 0 bridgehead atoms. The van der Waals surface area contributed by atoms with Crippen molar-refractivity contribution in [3.63, 3.8) is 0 Å². The van der Waals surface area contributed by atoms with E-state index in [4.69, 9.17) is 9.47 Å². The van der Waals surface area contributed by atoms with Crippen molar-refractivity contribution in [1.29, 1.82) is 0 Å². The van der Waals surface area contributed by atoms with Crippen LogP contribution >= 0.6 is 27.7 Å². The molecule has 0 aliphatic rings. The highest BCUT2D eigenvalue weighted by atomic mass is 79.9. The first-order valence-electron chi connectivity index (χ1n) is 8.64. The zero-order valence-electron chi connectivity index (χ0n) is 15.7. The monoisotopic (exact) mass is 471 g/mol. The molecule has 0 heterocycles. The molecule has 0 saturated carbocycles. The summed E-state index contributed by atoms with van der Waals surface area (Å²) < 4.78 is 26.0. The lowest BCUT2D eigenvalue weighted by Crippen LogP contribution is -2.36. The maximum Gasteiger partial charge on any atom is 0.320 e. The van der Waals surface area contributed by atoms with Crippen LogP contribution in [0, 0.1) is 5.82 Å². The van der Waals surface area contributed by atoms with Crippen LogP contribution in [0.2, 0.25) is 0 Å². The number of aliphatic carboxylic acids is 1. The highest BCUT2D eigenvalue weighted by Gasteiger charge is 2.20. The van der Waals surface area contributed by atoms with Crippen molar-refractivity contribution in [3.05, 3.63) is 57.8 Å². The number of hydrogen-bond donors (Lipinski definition) is 2. The first-order chi connectivity index (χ1) is 13.5. The van der Waals surface area contributed by atoms with E-state index in [9.17, 15) is 14.3 Å². The Morgan fingerprint density at radius 1 is 1.32 bits per heavy atom. The summed E-state index contributed by atoms with van der Waals surface area (Å²) in [5.74, 6) is 0.426. The number of rotatable bonds is 11. The number of nitrogens with one attached hydrogen (secondary N) is 1. The Bertz CT molecular complexity index is 806. The van der Waals surface area contributed by atoms with Crippen LogP contribution in [-0.4, -0.2) is 36.2 Å². The van der Waals surface area contributed by atoms with Gasteiger partial charge in [-0.1, -0.05) is 34.1 Å². The molecule has 5 nitrogen and oxygen atoms in total. The lowest BCUT2D eigenvalue weighted by Gasteiger charge is -2.19. The van der Waals surface area contributed by atoms with E-state index in [1.54, 1.807) is 36.0 Å². The van der Waals surface area contributed by atoms with Gasteiger partial charge in [0.25, 0.3) is 0 Å². The molecule has 2 rings (SSSR count). The lowest BCUT2D eigenvalue weighted by molar-refractivity contribution is -0.139. The number of hydrogen-bond acceptors (Lipinski definition) is 5. The van der Waals surface area contributed by atoms with Crippen molar-refractivity contribution in [1.82, 2.24) is 5.32 Å². The molecule has 1 atom stereocenters. The molecule has 1 unspecified atom stereocenters. The second kappa shape index (κ2) is 11.3. The zero-order valence-corrected chi connectivity index (χ0v) is 18.1. The van der Waals surface area contributed by atoms with Crippen molar-refractivity contribution >= 4 is 33.7 Å². The summed E-state index contributed by atoms with van der Waals surface area (Å²) in [6.45, 7) is 0.289. The molecule has 0 fully saturated rings. The predicted molar refractivity (Wildman–Crippen MR) is 113 cm³/mol. The first-order valence-corrected chi connectivity index (χ1v) is 10.8. The third kappa shape index (κ3) is 6.12. The fourth-order valence-corrected chi connectivity index (χ4v) is 3.53. The number of carboxylic acids is 1. The van der Waals surface area contributed by atoms with E-state index >= 15 is 0 Å². The minimum absolute atomic E-state index is 0.0291. The molecule has 2 aromatic rings. The summed E-state index contributed by atoms with van der Waals surface area (Å²) >= 11 is 5.09. The number of carboxylic acid groups (broad SMARTS) is 1. The minimum Gasteiger partial charge on any atom is -0.493 e. The Kier molecular flexibility index (Phi) is 9.08. The molecule has 152 valence electrons. The molecule has 2 N–H and O–H groups in total. The number of thioether (sulfide) groups is 1. The average Bonchev–Trinajstić information content (AvgIpc) is 2.68. The number of halogens is 2. The van der Waals surface area contributed by atoms with E-state index in [-0.39, 0.29) is 19.0 Å². The molecule has 0 radical (unpaired) electrons. The van der Waals surface area contributed by atoms with Gasteiger partial charge in [0.1, 0.15) is 18.5 Å². The van der Waals surface area contributed by atoms with Crippen LogP contribution in [0.3, 0.4) is 0 Å². The van der Waals surface area contributed by atoms with Crippen molar-refractivity contribution in [2.45, 2.75) is 25.6 Å². The van der Waals surface area contributed by atoms with Crippen molar-refractivity contribution in [2.24, 2.45) is 0 Å². The Morgan fingerprint density at radius 3 is 2.71 bits per heavy atom. The lowest BCUT2D eigenvalue weighted by atomic mass is 10.1. The SMILES string of the molecule is COc1ccc(Br)c(CNC(CCSC)C(=O)O)c1OCc1ccccc1F. The molecule has 8 heteroatoms. The van der Waals surface area contributed by atoms with Gasteiger partial charge in [-0.25, -0.2) is 4.39 Å². The average molecular weight is 472 g/mol. The summed E-state index contributed by atoms with van der Waals surface area (Å²) in [5, 5.41) is 12.5. The van der Waals surface area contributed by atoms with Gasteiger partial charge < -0.3 is 19.9 Å². The van der Waals surface area contributed by atoms with E-state index < -0.39 is 12.0 Å². The van der Waals surface area contributed by atoms with Crippen LogP contribution < -0.4 is 14.8 Å². The second-order valence-electron chi connectivity index (χ2n) is 5.99. The molecule has 28 heavy (non-hydrogen) atoms. The number of carbonyl (C=O) groups is 1. The molecular formula is C20H23BrFNO4S. The van der Waals surface area contributed by atoms with Crippen LogP contribution in [0.4, 0.5) is 4.39 Å². The van der Waals surface area contributed by atoms with Crippen LogP contribution in [0.25, 0.3) is 0 Å².